The fourth-order valence-corrected chi connectivity index (χ4v) is 1.07. The normalized spacial score (nSPS) is 17.9. The van der Waals surface area contributed by atoms with E-state index in [1.165, 1.54) is 0 Å². The standard InChI is InChI=1S/C12H20O5/c1-2-3-13-4-5-14-6-7-15-8-9-16-10-12-11-17-12/h1,12H,3-11H2. The van der Waals surface area contributed by atoms with Gasteiger partial charge in [-0.25, -0.2) is 0 Å². The topological polar surface area (TPSA) is 49.5 Å². The molecular formula is C12H20O5. The lowest BCUT2D eigenvalue weighted by molar-refractivity contribution is -0.000332. The van der Waals surface area contributed by atoms with E-state index >= 15 is 0 Å². The number of rotatable bonds is 12. The third kappa shape index (κ3) is 10.2. The average Bonchev–Trinajstić information content (AvgIpc) is 3.15. The van der Waals surface area contributed by atoms with Gasteiger partial charge < -0.3 is 23.7 Å². The molecule has 0 aromatic heterocycles. The van der Waals surface area contributed by atoms with Crippen LogP contribution in [0.3, 0.4) is 0 Å². The maximum absolute atomic E-state index is 5.30. The molecule has 1 saturated heterocycles. The van der Waals surface area contributed by atoms with Gasteiger partial charge in [-0.2, -0.15) is 0 Å². The molecule has 0 aromatic carbocycles. The number of hydrogen-bond acceptors (Lipinski definition) is 5. The van der Waals surface area contributed by atoms with Crippen molar-refractivity contribution in [3.63, 3.8) is 0 Å². The van der Waals surface area contributed by atoms with E-state index in [9.17, 15) is 0 Å². The van der Waals surface area contributed by atoms with Crippen molar-refractivity contribution < 1.29 is 23.7 Å². The summed E-state index contributed by atoms with van der Waals surface area (Å²) < 4.78 is 25.9. The molecule has 1 heterocycles. The molecule has 5 nitrogen and oxygen atoms in total. The van der Waals surface area contributed by atoms with Crippen molar-refractivity contribution in [2.24, 2.45) is 0 Å². The number of hydrogen-bond donors (Lipinski definition) is 0. The van der Waals surface area contributed by atoms with Gasteiger partial charge in [0, 0.05) is 0 Å². The predicted octanol–water partition coefficient (Wildman–Crippen LogP) is 0.0848. The smallest absolute Gasteiger partial charge is 0.107 e. The van der Waals surface area contributed by atoms with Crippen LogP contribution in [0.5, 0.6) is 0 Å². The molecule has 0 saturated carbocycles. The molecule has 1 atom stereocenters. The summed E-state index contributed by atoms with van der Waals surface area (Å²) >= 11 is 0. The minimum atomic E-state index is 0.321. The van der Waals surface area contributed by atoms with Crippen LogP contribution >= 0.6 is 0 Å². The summed E-state index contributed by atoms with van der Waals surface area (Å²) in [5, 5.41) is 0. The Hall–Kier alpha value is -0.640. The van der Waals surface area contributed by atoms with Crippen LogP contribution < -0.4 is 0 Å². The summed E-state index contributed by atoms with van der Waals surface area (Å²) in [6.07, 6.45) is 5.34. The molecule has 0 radical (unpaired) electrons. The monoisotopic (exact) mass is 244 g/mol. The van der Waals surface area contributed by atoms with Crippen LogP contribution in [0.15, 0.2) is 0 Å². The largest absolute Gasteiger partial charge is 0.377 e. The van der Waals surface area contributed by atoms with Crippen LogP contribution in [0.1, 0.15) is 0 Å². The van der Waals surface area contributed by atoms with E-state index in [1.54, 1.807) is 0 Å². The highest BCUT2D eigenvalue weighted by Crippen LogP contribution is 2.07. The van der Waals surface area contributed by atoms with Gasteiger partial charge in [-0.15, -0.1) is 6.42 Å². The average molecular weight is 244 g/mol. The highest BCUT2D eigenvalue weighted by atomic mass is 16.6. The van der Waals surface area contributed by atoms with Crippen LogP contribution in [-0.2, 0) is 23.7 Å². The molecule has 1 fully saturated rings. The molecule has 17 heavy (non-hydrogen) atoms. The molecular weight excluding hydrogens is 224 g/mol. The Labute approximate surface area is 102 Å². The second kappa shape index (κ2) is 10.5. The first-order chi connectivity index (χ1) is 8.43. The second-order valence-electron chi connectivity index (χ2n) is 3.51. The van der Waals surface area contributed by atoms with Crippen molar-refractivity contribution in [1.82, 2.24) is 0 Å². The first-order valence-corrected chi connectivity index (χ1v) is 5.79. The van der Waals surface area contributed by atoms with Gasteiger partial charge in [-0.1, -0.05) is 5.92 Å². The Morgan fingerprint density at radius 1 is 0.941 bits per heavy atom. The Balaban J connectivity index is 1.62. The van der Waals surface area contributed by atoms with Gasteiger partial charge in [-0.3, -0.25) is 0 Å². The van der Waals surface area contributed by atoms with Gasteiger partial charge in [-0.05, 0) is 0 Å². The lowest BCUT2D eigenvalue weighted by Gasteiger charge is -2.06. The third-order valence-electron chi connectivity index (χ3n) is 2.01. The Bertz CT molecular complexity index is 209. The number of ether oxygens (including phenoxy) is 5. The van der Waals surface area contributed by atoms with E-state index in [2.05, 4.69) is 5.92 Å². The van der Waals surface area contributed by atoms with E-state index in [4.69, 9.17) is 30.1 Å². The van der Waals surface area contributed by atoms with E-state index in [0.29, 0.717) is 59.0 Å². The van der Waals surface area contributed by atoms with Crippen molar-refractivity contribution >= 4 is 0 Å². The zero-order valence-corrected chi connectivity index (χ0v) is 10.1. The maximum atomic E-state index is 5.30. The molecule has 0 amide bonds. The first kappa shape index (κ1) is 14.4. The summed E-state index contributed by atoms with van der Waals surface area (Å²) in [6, 6.07) is 0. The minimum Gasteiger partial charge on any atom is -0.377 e. The van der Waals surface area contributed by atoms with Gasteiger partial charge in [0.15, 0.2) is 0 Å². The minimum absolute atomic E-state index is 0.321. The molecule has 98 valence electrons. The number of epoxide rings is 1. The molecule has 5 heteroatoms. The number of terminal acetylenes is 1. The molecule has 1 rings (SSSR count). The van der Waals surface area contributed by atoms with E-state index in [1.807, 2.05) is 0 Å². The molecule has 0 spiro atoms. The van der Waals surface area contributed by atoms with Gasteiger partial charge in [0.25, 0.3) is 0 Å². The summed E-state index contributed by atoms with van der Waals surface area (Å²) in [4.78, 5) is 0. The van der Waals surface area contributed by atoms with Crippen LogP contribution in [0.2, 0.25) is 0 Å². The van der Waals surface area contributed by atoms with E-state index < -0.39 is 0 Å². The molecule has 0 bridgehead atoms. The molecule has 0 N–H and O–H groups in total. The fraction of sp³-hybridized carbons (Fsp3) is 0.833. The van der Waals surface area contributed by atoms with Crippen LogP contribution in [0.4, 0.5) is 0 Å². The highest BCUT2D eigenvalue weighted by Gasteiger charge is 2.21. The Morgan fingerprint density at radius 2 is 1.47 bits per heavy atom. The highest BCUT2D eigenvalue weighted by molar-refractivity contribution is 4.82. The van der Waals surface area contributed by atoms with Gasteiger partial charge in [0.1, 0.15) is 12.7 Å². The van der Waals surface area contributed by atoms with Crippen LogP contribution in [0, 0.1) is 12.3 Å². The van der Waals surface area contributed by atoms with E-state index in [0.717, 1.165) is 6.61 Å². The van der Waals surface area contributed by atoms with E-state index in [-0.39, 0.29) is 0 Å². The van der Waals surface area contributed by atoms with Crippen LogP contribution in [0.25, 0.3) is 0 Å². The Morgan fingerprint density at radius 3 is 2.00 bits per heavy atom. The van der Waals surface area contributed by atoms with Crippen LogP contribution in [-0.4, -0.2) is 65.6 Å². The van der Waals surface area contributed by atoms with Gasteiger partial charge in [0.05, 0.1) is 52.9 Å². The van der Waals surface area contributed by atoms with Gasteiger partial charge in [0.2, 0.25) is 0 Å². The molecule has 0 aromatic rings. The zero-order valence-electron chi connectivity index (χ0n) is 10.1. The molecule has 1 aliphatic heterocycles. The summed E-state index contributed by atoms with van der Waals surface area (Å²) in [5.41, 5.74) is 0. The lowest BCUT2D eigenvalue weighted by atomic mass is 10.5. The molecule has 1 unspecified atom stereocenters. The van der Waals surface area contributed by atoms with Crippen molar-refractivity contribution in [1.29, 1.82) is 0 Å². The lowest BCUT2D eigenvalue weighted by Crippen LogP contribution is -2.13. The van der Waals surface area contributed by atoms with Crippen molar-refractivity contribution in [2.45, 2.75) is 6.10 Å². The summed E-state index contributed by atoms with van der Waals surface area (Å²) in [7, 11) is 0. The Kier molecular flexibility index (Phi) is 8.92. The summed E-state index contributed by atoms with van der Waals surface area (Å²) in [5.74, 6) is 2.39. The molecule has 1 aliphatic rings. The summed E-state index contributed by atoms with van der Waals surface area (Å²) in [6.45, 7) is 5.22. The van der Waals surface area contributed by atoms with Crippen molar-refractivity contribution in [3.8, 4) is 12.3 Å². The zero-order chi connectivity index (χ0) is 12.2. The third-order valence-corrected chi connectivity index (χ3v) is 2.01. The quantitative estimate of drug-likeness (QED) is 0.276. The van der Waals surface area contributed by atoms with Crippen molar-refractivity contribution in [2.75, 3.05) is 59.5 Å². The first-order valence-electron chi connectivity index (χ1n) is 5.79. The van der Waals surface area contributed by atoms with Crippen molar-refractivity contribution in [3.05, 3.63) is 0 Å². The van der Waals surface area contributed by atoms with Gasteiger partial charge >= 0.3 is 0 Å². The fourth-order valence-electron chi connectivity index (χ4n) is 1.07. The maximum Gasteiger partial charge on any atom is 0.107 e. The molecule has 0 aliphatic carbocycles. The second-order valence-corrected chi connectivity index (χ2v) is 3.51. The predicted molar refractivity (Wildman–Crippen MR) is 61.8 cm³/mol. The SMILES string of the molecule is C#CCOCCOCCOCCOCC1CO1.